The Hall–Kier alpha value is -1.90. The Balaban J connectivity index is 2.46. The van der Waals surface area contributed by atoms with Gasteiger partial charge in [-0.05, 0) is 19.3 Å². The van der Waals surface area contributed by atoms with E-state index in [-0.39, 0.29) is 5.69 Å². The van der Waals surface area contributed by atoms with Crippen molar-refractivity contribution in [3.63, 3.8) is 0 Å². The highest BCUT2D eigenvalue weighted by molar-refractivity contribution is 5.43. The molecule has 1 aliphatic carbocycles. The molecule has 1 aromatic rings. The molecular formula is C8H8N4O2. The molecule has 0 bridgehead atoms. The van der Waals surface area contributed by atoms with Gasteiger partial charge in [0, 0.05) is 0 Å². The number of hydrogen-bond donors (Lipinski definition) is 1. The number of nitrogens with zero attached hydrogens (tertiary/aromatic N) is 3. The van der Waals surface area contributed by atoms with Gasteiger partial charge in [-0.3, -0.25) is 15.2 Å². The molecule has 1 N–H and O–H groups in total. The minimum Gasteiger partial charge on any atom is -0.274 e. The van der Waals surface area contributed by atoms with E-state index in [4.69, 9.17) is 5.26 Å². The van der Waals surface area contributed by atoms with Gasteiger partial charge in [0.15, 0.2) is 0 Å². The first-order valence-electron chi connectivity index (χ1n) is 4.29. The Morgan fingerprint density at radius 1 is 1.71 bits per heavy atom. The van der Waals surface area contributed by atoms with Gasteiger partial charge in [-0.15, -0.1) is 0 Å². The molecule has 0 radical (unpaired) electrons. The molecule has 1 aliphatic rings. The van der Waals surface area contributed by atoms with Crippen LogP contribution in [0.2, 0.25) is 0 Å². The first-order valence-corrected chi connectivity index (χ1v) is 4.29. The predicted molar refractivity (Wildman–Crippen MR) is 46.4 cm³/mol. The zero-order valence-corrected chi connectivity index (χ0v) is 7.36. The molecule has 1 heterocycles. The van der Waals surface area contributed by atoms with Crippen LogP contribution in [0.4, 0.5) is 5.69 Å². The lowest BCUT2D eigenvalue weighted by molar-refractivity contribution is -0.386. The monoisotopic (exact) mass is 192 g/mol. The van der Waals surface area contributed by atoms with Crippen molar-refractivity contribution in [2.24, 2.45) is 0 Å². The topological polar surface area (TPSA) is 95.6 Å². The molecule has 1 saturated carbocycles. The molecule has 0 atom stereocenters. The normalized spacial score (nSPS) is 18.2. The number of H-pyrrole nitrogens is 1. The number of hydrogen-bond acceptors (Lipinski definition) is 4. The summed E-state index contributed by atoms with van der Waals surface area (Å²) in [7, 11) is 0. The van der Waals surface area contributed by atoms with Gasteiger partial charge in [0.1, 0.15) is 17.3 Å². The van der Waals surface area contributed by atoms with Gasteiger partial charge < -0.3 is 0 Å². The van der Waals surface area contributed by atoms with Crippen molar-refractivity contribution in [3.05, 3.63) is 22.0 Å². The summed E-state index contributed by atoms with van der Waals surface area (Å²) in [5.74, 6) is 0. The molecule has 1 aromatic heterocycles. The van der Waals surface area contributed by atoms with Crippen LogP contribution in [0.1, 0.15) is 25.0 Å². The average molecular weight is 192 g/mol. The summed E-state index contributed by atoms with van der Waals surface area (Å²) in [6, 6.07) is 2.14. The Morgan fingerprint density at radius 3 is 2.86 bits per heavy atom. The minimum absolute atomic E-state index is 0.0775. The largest absolute Gasteiger partial charge is 0.311 e. The Labute approximate surface area is 79.7 Å². The van der Waals surface area contributed by atoms with Gasteiger partial charge in [0.05, 0.1) is 11.0 Å². The van der Waals surface area contributed by atoms with Crippen LogP contribution in [0.25, 0.3) is 0 Å². The van der Waals surface area contributed by atoms with Crippen LogP contribution in [0.3, 0.4) is 0 Å². The van der Waals surface area contributed by atoms with E-state index in [0.717, 1.165) is 12.6 Å². The van der Waals surface area contributed by atoms with E-state index in [1.54, 1.807) is 0 Å². The molecule has 0 aliphatic heterocycles. The van der Waals surface area contributed by atoms with Crippen molar-refractivity contribution in [2.75, 3.05) is 0 Å². The molecule has 0 spiro atoms. The Kier molecular flexibility index (Phi) is 1.74. The zero-order chi connectivity index (χ0) is 10.2. The molecular weight excluding hydrogens is 184 g/mol. The number of rotatable bonds is 2. The molecule has 0 saturated heterocycles. The van der Waals surface area contributed by atoms with Crippen molar-refractivity contribution in [2.45, 2.75) is 24.7 Å². The third kappa shape index (κ3) is 0.988. The van der Waals surface area contributed by atoms with Gasteiger partial charge in [0.2, 0.25) is 0 Å². The molecule has 0 amide bonds. The average Bonchev–Trinajstić information content (AvgIpc) is 2.52. The molecule has 0 aromatic carbocycles. The van der Waals surface area contributed by atoms with Crippen LogP contribution >= 0.6 is 0 Å². The summed E-state index contributed by atoms with van der Waals surface area (Å²) in [6.07, 6.45) is 3.44. The van der Waals surface area contributed by atoms with E-state index in [9.17, 15) is 10.1 Å². The standard InChI is InChI=1S/C8H8N4O2/c9-5-8(2-1-3-8)7-6(12(13)14)4-10-11-7/h4H,1-3H2,(H,10,11). The number of aromatic nitrogens is 2. The molecule has 14 heavy (non-hydrogen) atoms. The molecule has 2 rings (SSSR count). The lowest BCUT2D eigenvalue weighted by Crippen LogP contribution is -2.33. The quantitative estimate of drug-likeness (QED) is 0.563. The zero-order valence-electron chi connectivity index (χ0n) is 7.36. The summed E-state index contributed by atoms with van der Waals surface area (Å²) in [5.41, 5.74) is -0.415. The SMILES string of the molecule is N#CC1(c2[nH]ncc2[N+](=O)[O-])CCC1. The Bertz CT molecular complexity index is 413. The van der Waals surface area contributed by atoms with Gasteiger partial charge in [0.25, 0.3) is 0 Å². The van der Waals surface area contributed by atoms with Gasteiger partial charge >= 0.3 is 5.69 Å². The fourth-order valence-electron chi connectivity index (χ4n) is 1.72. The van der Waals surface area contributed by atoms with Crippen LogP contribution in [0.15, 0.2) is 6.20 Å². The van der Waals surface area contributed by atoms with Crippen LogP contribution in [0.5, 0.6) is 0 Å². The van der Waals surface area contributed by atoms with Crippen molar-refractivity contribution < 1.29 is 4.92 Å². The summed E-state index contributed by atoms with van der Waals surface area (Å²) in [6.45, 7) is 0. The maximum atomic E-state index is 10.6. The van der Waals surface area contributed by atoms with Crippen molar-refractivity contribution in [3.8, 4) is 6.07 Å². The van der Waals surface area contributed by atoms with Gasteiger partial charge in [-0.1, -0.05) is 0 Å². The number of aromatic amines is 1. The van der Waals surface area contributed by atoms with Crippen LogP contribution < -0.4 is 0 Å². The highest BCUT2D eigenvalue weighted by Crippen LogP contribution is 2.45. The van der Waals surface area contributed by atoms with Crippen LogP contribution in [0, 0.1) is 21.4 Å². The van der Waals surface area contributed by atoms with E-state index in [0.29, 0.717) is 18.5 Å². The lowest BCUT2D eigenvalue weighted by atomic mass is 9.67. The number of nitro groups is 1. The second-order valence-corrected chi connectivity index (χ2v) is 3.43. The number of nitriles is 1. The maximum absolute atomic E-state index is 10.6. The predicted octanol–water partition coefficient (Wildman–Crippen LogP) is 1.26. The second-order valence-electron chi connectivity index (χ2n) is 3.43. The van der Waals surface area contributed by atoms with Crippen LogP contribution in [-0.2, 0) is 5.41 Å². The molecule has 0 unspecified atom stereocenters. The lowest BCUT2D eigenvalue weighted by Gasteiger charge is -2.32. The summed E-state index contributed by atoms with van der Waals surface area (Å²) in [4.78, 5) is 10.1. The van der Waals surface area contributed by atoms with Crippen molar-refractivity contribution in [1.82, 2.24) is 10.2 Å². The summed E-state index contributed by atoms with van der Waals surface area (Å²) < 4.78 is 0. The highest BCUT2D eigenvalue weighted by atomic mass is 16.6. The third-order valence-electron chi connectivity index (χ3n) is 2.72. The van der Waals surface area contributed by atoms with Gasteiger partial charge in [-0.25, -0.2) is 0 Å². The van der Waals surface area contributed by atoms with E-state index in [1.807, 2.05) is 0 Å². The van der Waals surface area contributed by atoms with E-state index in [1.165, 1.54) is 0 Å². The van der Waals surface area contributed by atoms with Gasteiger partial charge in [-0.2, -0.15) is 10.4 Å². The fourth-order valence-corrected chi connectivity index (χ4v) is 1.72. The third-order valence-corrected chi connectivity index (χ3v) is 2.72. The van der Waals surface area contributed by atoms with Crippen molar-refractivity contribution in [1.29, 1.82) is 5.26 Å². The summed E-state index contributed by atoms with van der Waals surface area (Å²) in [5, 5.41) is 25.8. The maximum Gasteiger partial charge on any atom is 0.311 e. The second kappa shape index (κ2) is 2.80. The first kappa shape index (κ1) is 8.69. The van der Waals surface area contributed by atoms with Crippen LogP contribution in [-0.4, -0.2) is 15.1 Å². The molecule has 72 valence electrons. The summed E-state index contributed by atoms with van der Waals surface area (Å²) >= 11 is 0. The van der Waals surface area contributed by atoms with E-state index < -0.39 is 10.3 Å². The minimum atomic E-state index is -0.696. The molecule has 6 nitrogen and oxygen atoms in total. The molecule has 1 fully saturated rings. The van der Waals surface area contributed by atoms with E-state index in [2.05, 4.69) is 16.3 Å². The number of nitrogens with one attached hydrogen (secondary N) is 1. The Morgan fingerprint density at radius 2 is 2.43 bits per heavy atom. The fraction of sp³-hybridized carbons (Fsp3) is 0.500. The highest BCUT2D eigenvalue weighted by Gasteiger charge is 2.45. The van der Waals surface area contributed by atoms with E-state index >= 15 is 0 Å². The first-order chi connectivity index (χ1) is 6.69. The smallest absolute Gasteiger partial charge is 0.274 e. The van der Waals surface area contributed by atoms with Crippen molar-refractivity contribution >= 4 is 5.69 Å². The molecule has 6 heteroatoms.